The molecule has 0 aliphatic heterocycles. The smallest absolute Gasteiger partial charge is 0.319 e. The molecule has 0 aliphatic carbocycles. The Morgan fingerprint density at radius 3 is 2.20 bits per heavy atom. The number of hydrogen-bond acceptors (Lipinski definition) is 3. The number of urea groups is 1. The van der Waals surface area contributed by atoms with Gasteiger partial charge in [-0.15, -0.1) is 0 Å². The van der Waals surface area contributed by atoms with Gasteiger partial charge in [0.15, 0.2) is 0 Å². The Labute approximate surface area is 120 Å². The molecular formula is C13H21N3O3S. The van der Waals surface area contributed by atoms with Crippen LogP contribution in [-0.4, -0.2) is 27.2 Å². The molecule has 0 aliphatic rings. The number of hydrogen-bond donors (Lipinski definition) is 3. The summed E-state index contributed by atoms with van der Waals surface area (Å²) < 4.78 is 24.4. The normalized spacial score (nSPS) is 11.2. The molecule has 20 heavy (non-hydrogen) atoms. The van der Waals surface area contributed by atoms with E-state index in [2.05, 4.69) is 29.2 Å². The van der Waals surface area contributed by atoms with Gasteiger partial charge in [-0.2, -0.15) is 0 Å². The Balaban J connectivity index is 2.47. The second-order valence-corrected chi connectivity index (χ2v) is 6.76. The monoisotopic (exact) mass is 299 g/mol. The summed E-state index contributed by atoms with van der Waals surface area (Å²) in [5.41, 5.74) is 1.06. The molecular weight excluding hydrogens is 278 g/mol. The number of nitrogens with one attached hydrogen (secondary N) is 3. The molecule has 112 valence electrons. The Hall–Kier alpha value is -1.76. The summed E-state index contributed by atoms with van der Waals surface area (Å²) in [6.07, 6.45) is 2.01. The van der Waals surface area contributed by atoms with Crippen LogP contribution in [0.4, 0.5) is 16.2 Å². The maximum absolute atomic E-state index is 11.6. The van der Waals surface area contributed by atoms with E-state index < -0.39 is 10.0 Å². The third kappa shape index (κ3) is 6.98. The van der Waals surface area contributed by atoms with Crippen LogP contribution in [0, 0.1) is 5.92 Å². The van der Waals surface area contributed by atoms with Gasteiger partial charge in [-0.1, -0.05) is 13.8 Å². The highest BCUT2D eigenvalue weighted by molar-refractivity contribution is 7.92. The maximum Gasteiger partial charge on any atom is 0.319 e. The molecule has 0 aromatic heterocycles. The minimum atomic E-state index is -3.28. The first-order valence-electron chi connectivity index (χ1n) is 6.39. The Bertz CT molecular complexity index is 538. The topological polar surface area (TPSA) is 87.3 Å². The van der Waals surface area contributed by atoms with Gasteiger partial charge in [-0.3, -0.25) is 4.72 Å². The highest BCUT2D eigenvalue weighted by Crippen LogP contribution is 2.14. The Morgan fingerprint density at radius 2 is 1.70 bits per heavy atom. The van der Waals surface area contributed by atoms with Crippen molar-refractivity contribution in [3.63, 3.8) is 0 Å². The van der Waals surface area contributed by atoms with E-state index in [4.69, 9.17) is 0 Å². The molecule has 1 rings (SSSR count). The van der Waals surface area contributed by atoms with Crippen LogP contribution < -0.4 is 15.4 Å². The standard InChI is InChI=1S/C13H21N3O3S/c1-10(2)8-9-14-13(17)15-11-4-6-12(7-5-11)16-20(3,18)19/h4-7,10,16H,8-9H2,1-3H3,(H2,14,15,17). The lowest BCUT2D eigenvalue weighted by atomic mass is 10.1. The van der Waals surface area contributed by atoms with Crippen molar-refractivity contribution in [2.75, 3.05) is 22.8 Å². The highest BCUT2D eigenvalue weighted by Gasteiger charge is 2.04. The molecule has 0 bridgehead atoms. The summed E-state index contributed by atoms with van der Waals surface area (Å²) >= 11 is 0. The van der Waals surface area contributed by atoms with E-state index in [1.54, 1.807) is 24.3 Å². The third-order valence-electron chi connectivity index (χ3n) is 2.45. The van der Waals surface area contributed by atoms with Gasteiger partial charge in [0.1, 0.15) is 0 Å². The fourth-order valence-electron chi connectivity index (χ4n) is 1.49. The zero-order valence-corrected chi connectivity index (χ0v) is 12.8. The second-order valence-electron chi connectivity index (χ2n) is 5.02. The molecule has 6 nitrogen and oxygen atoms in total. The first-order chi connectivity index (χ1) is 9.26. The van der Waals surface area contributed by atoms with Crippen molar-refractivity contribution in [3.05, 3.63) is 24.3 Å². The number of amides is 2. The summed E-state index contributed by atoms with van der Waals surface area (Å²) in [6.45, 7) is 4.80. The van der Waals surface area contributed by atoms with E-state index in [1.807, 2.05) is 0 Å². The molecule has 0 saturated heterocycles. The first-order valence-corrected chi connectivity index (χ1v) is 8.28. The summed E-state index contributed by atoms with van der Waals surface area (Å²) in [7, 11) is -3.28. The molecule has 0 atom stereocenters. The molecule has 2 amide bonds. The minimum Gasteiger partial charge on any atom is -0.338 e. The number of rotatable bonds is 6. The largest absolute Gasteiger partial charge is 0.338 e. The zero-order chi connectivity index (χ0) is 15.2. The molecule has 0 saturated carbocycles. The van der Waals surface area contributed by atoms with Gasteiger partial charge in [0.05, 0.1) is 6.26 Å². The van der Waals surface area contributed by atoms with Gasteiger partial charge in [0, 0.05) is 17.9 Å². The number of sulfonamides is 1. The van der Waals surface area contributed by atoms with Gasteiger partial charge in [-0.05, 0) is 36.6 Å². The van der Waals surface area contributed by atoms with E-state index in [-0.39, 0.29) is 6.03 Å². The SMILES string of the molecule is CC(C)CCNC(=O)Nc1ccc(NS(C)(=O)=O)cc1. The van der Waals surface area contributed by atoms with Crippen LogP contribution in [0.5, 0.6) is 0 Å². The van der Waals surface area contributed by atoms with Crippen molar-refractivity contribution in [2.24, 2.45) is 5.92 Å². The van der Waals surface area contributed by atoms with E-state index in [9.17, 15) is 13.2 Å². The molecule has 0 unspecified atom stereocenters. The summed E-state index contributed by atoms with van der Waals surface area (Å²) in [4.78, 5) is 11.6. The fourth-order valence-corrected chi connectivity index (χ4v) is 2.05. The van der Waals surface area contributed by atoms with Crippen LogP contribution in [0.15, 0.2) is 24.3 Å². The van der Waals surface area contributed by atoms with Crippen LogP contribution >= 0.6 is 0 Å². The average molecular weight is 299 g/mol. The van der Waals surface area contributed by atoms with Gasteiger partial charge >= 0.3 is 6.03 Å². The fraction of sp³-hybridized carbons (Fsp3) is 0.462. The van der Waals surface area contributed by atoms with E-state index >= 15 is 0 Å². The molecule has 0 spiro atoms. The van der Waals surface area contributed by atoms with Crippen LogP contribution in [0.25, 0.3) is 0 Å². The van der Waals surface area contributed by atoms with Crippen molar-refractivity contribution in [1.29, 1.82) is 0 Å². The minimum absolute atomic E-state index is 0.269. The number of benzene rings is 1. The van der Waals surface area contributed by atoms with Crippen molar-refractivity contribution in [3.8, 4) is 0 Å². The third-order valence-corrected chi connectivity index (χ3v) is 3.06. The average Bonchev–Trinajstić information content (AvgIpc) is 2.29. The highest BCUT2D eigenvalue weighted by atomic mass is 32.2. The van der Waals surface area contributed by atoms with Crippen LogP contribution in [0.1, 0.15) is 20.3 Å². The Morgan fingerprint density at radius 1 is 1.15 bits per heavy atom. The summed E-state index contributed by atoms with van der Waals surface area (Å²) in [5, 5.41) is 5.43. The predicted molar refractivity (Wildman–Crippen MR) is 81.4 cm³/mol. The van der Waals surface area contributed by atoms with Crippen LogP contribution in [0.3, 0.4) is 0 Å². The maximum atomic E-state index is 11.6. The van der Waals surface area contributed by atoms with Crippen molar-refractivity contribution < 1.29 is 13.2 Å². The van der Waals surface area contributed by atoms with Gasteiger partial charge < -0.3 is 10.6 Å². The lowest BCUT2D eigenvalue weighted by molar-refractivity contribution is 0.251. The van der Waals surface area contributed by atoms with E-state index in [1.165, 1.54) is 0 Å². The Kier molecular flexibility index (Phi) is 5.82. The van der Waals surface area contributed by atoms with Gasteiger partial charge in [0.25, 0.3) is 0 Å². The van der Waals surface area contributed by atoms with Gasteiger partial charge in [-0.25, -0.2) is 13.2 Å². The molecule has 0 fully saturated rings. The van der Waals surface area contributed by atoms with E-state index in [0.29, 0.717) is 23.8 Å². The van der Waals surface area contributed by atoms with Crippen molar-refractivity contribution >= 4 is 27.4 Å². The first kappa shape index (κ1) is 16.3. The van der Waals surface area contributed by atoms with Crippen LogP contribution in [-0.2, 0) is 10.0 Å². The molecule has 1 aromatic rings. The lowest BCUT2D eigenvalue weighted by Gasteiger charge is -2.09. The van der Waals surface area contributed by atoms with Crippen molar-refractivity contribution in [2.45, 2.75) is 20.3 Å². The zero-order valence-electron chi connectivity index (χ0n) is 11.9. The number of anilines is 2. The summed E-state index contributed by atoms with van der Waals surface area (Å²) in [5.74, 6) is 0.539. The molecule has 7 heteroatoms. The van der Waals surface area contributed by atoms with Crippen molar-refractivity contribution in [1.82, 2.24) is 5.32 Å². The number of carbonyl (C=O) groups excluding carboxylic acids is 1. The molecule has 3 N–H and O–H groups in total. The molecule has 0 heterocycles. The van der Waals surface area contributed by atoms with Gasteiger partial charge in [0.2, 0.25) is 10.0 Å². The summed E-state index contributed by atoms with van der Waals surface area (Å²) in [6, 6.07) is 6.18. The van der Waals surface area contributed by atoms with E-state index in [0.717, 1.165) is 12.7 Å². The predicted octanol–water partition coefficient (Wildman–Crippen LogP) is 2.23. The van der Waals surface area contributed by atoms with Crippen LogP contribution in [0.2, 0.25) is 0 Å². The second kappa shape index (κ2) is 7.14. The molecule has 0 radical (unpaired) electrons. The quantitative estimate of drug-likeness (QED) is 0.752. The lowest BCUT2D eigenvalue weighted by Crippen LogP contribution is -2.30. The number of carbonyl (C=O) groups is 1. The molecule has 1 aromatic carbocycles.